The molecule has 1 aliphatic rings. The molecule has 2 heterocycles. The van der Waals surface area contributed by atoms with Gasteiger partial charge in [0.2, 0.25) is 11.7 Å². The molecule has 0 aliphatic heterocycles. The van der Waals surface area contributed by atoms with Crippen LogP contribution in [0.25, 0.3) is 22.3 Å². The van der Waals surface area contributed by atoms with E-state index >= 15 is 0 Å². The highest BCUT2D eigenvalue weighted by molar-refractivity contribution is 6.33. The molecule has 4 aromatic rings. The second-order valence-electron chi connectivity index (χ2n) is 6.98. The Kier molecular flexibility index (Phi) is 4.20. The van der Waals surface area contributed by atoms with Gasteiger partial charge in [0.05, 0.1) is 22.4 Å². The van der Waals surface area contributed by atoms with Crippen molar-refractivity contribution in [1.82, 2.24) is 15.1 Å². The highest BCUT2D eigenvalue weighted by Crippen LogP contribution is 2.47. The predicted molar refractivity (Wildman–Crippen MR) is 106 cm³/mol. The van der Waals surface area contributed by atoms with Gasteiger partial charge in [-0.2, -0.15) is 4.98 Å². The number of benzene rings is 2. The van der Waals surface area contributed by atoms with E-state index in [1.807, 2.05) is 30.5 Å². The third-order valence-corrected chi connectivity index (χ3v) is 5.33. The zero-order chi connectivity index (χ0) is 19.1. The van der Waals surface area contributed by atoms with Crippen LogP contribution in [0.4, 0.5) is 10.1 Å². The first-order valence-corrected chi connectivity index (χ1v) is 9.43. The van der Waals surface area contributed by atoms with Crippen molar-refractivity contribution < 1.29 is 8.91 Å². The number of halogens is 2. The predicted octanol–water partition coefficient (Wildman–Crippen LogP) is 5.29. The summed E-state index contributed by atoms with van der Waals surface area (Å²) in [7, 11) is 0. The quantitative estimate of drug-likeness (QED) is 0.498. The molecule has 2 aromatic heterocycles. The van der Waals surface area contributed by atoms with Gasteiger partial charge in [-0.15, -0.1) is 0 Å². The summed E-state index contributed by atoms with van der Waals surface area (Å²) in [5, 5.41) is 8.82. The average Bonchev–Trinajstić information content (AvgIpc) is 3.32. The van der Waals surface area contributed by atoms with E-state index in [9.17, 15) is 4.39 Å². The summed E-state index contributed by atoms with van der Waals surface area (Å²) < 4.78 is 18.6. The molecule has 0 unspecified atom stereocenters. The number of fused-ring (bicyclic) bond motifs is 1. The number of pyridine rings is 1. The molecule has 28 heavy (non-hydrogen) atoms. The lowest BCUT2D eigenvalue weighted by molar-refractivity contribution is 0.376. The minimum atomic E-state index is -0.394. The maximum atomic E-state index is 13.2. The molecule has 1 saturated carbocycles. The second-order valence-corrected chi connectivity index (χ2v) is 7.39. The Labute approximate surface area is 165 Å². The number of nitrogens with zero attached hydrogens (tertiary/aromatic N) is 3. The fraction of sp³-hybridized carbons (Fsp3) is 0.190. The summed E-state index contributed by atoms with van der Waals surface area (Å²) in [5.41, 5.74) is 2.54. The number of hydrogen-bond donors (Lipinski definition) is 1. The van der Waals surface area contributed by atoms with Crippen LogP contribution in [0.3, 0.4) is 0 Å². The average molecular weight is 395 g/mol. The number of aromatic nitrogens is 3. The molecule has 2 aromatic carbocycles. The Morgan fingerprint density at radius 2 is 2.07 bits per heavy atom. The number of para-hydroxylation sites is 1. The smallest absolute Gasteiger partial charge is 0.230 e. The zero-order valence-corrected chi connectivity index (χ0v) is 15.5. The SMILES string of the molecule is Fc1ccc(-c2noc([C@H]3C[C@@H]3CNc3cnc4ccccc4c3)n2)c(Cl)c1. The molecular weight excluding hydrogens is 379 g/mol. The second kappa shape index (κ2) is 6.87. The van der Waals surface area contributed by atoms with E-state index in [2.05, 4.69) is 26.5 Å². The summed E-state index contributed by atoms with van der Waals surface area (Å²) in [6.07, 6.45) is 2.83. The van der Waals surface area contributed by atoms with Crippen molar-refractivity contribution in [2.24, 2.45) is 5.92 Å². The summed E-state index contributed by atoms with van der Waals surface area (Å²) in [6, 6.07) is 14.3. The lowest BCUT2D eigenvalue weighted by Crippen LogP contribution is -2.05. The Bertz CT molecular complexity index is 1160. The van der Waals surface area contributed by atoms with Gasteiger partial charge in [0.1, 0.15) is 5.82 Å². The molecule has 2 atom stereocenters. The van der Waals surface area contributed by atoms with Crippen molar-refractivity contribution in [2.45, 2.75) is 12.3 Å². The van der Waals surface area contributed by atoms with Crippen LogP contribution in [0.5, 0.6) is 0 Å². The van der Waals surface area contributed by atoms with Crippen LogP contribution in [-0.2, 0) is 0 Å². The zero-order valence-electron chi connectivity index (χ0n) is 14.8. The van der Waals surface area contributed by atoms with Gasteiger partial charge in [-0.25, -0.2) is 4.39 Å². The van der Waals surface area contributed by atoms with E-state index in [0.717, 1.165) is 29.6 Å². The van der Waals surface area contributed by atoms with Gasteiger partial charge in [-0.1, -0.05) is 35.0 Å². The summed E-state index contributed by atoms with van der Waals surface area (Å²) in [5.74, 6) is 1.23. The van der Waals surface area contributed by atoms with E-state index in [1.165, 1.54) is 12.1 Å². The van der Waals surface area contributed by atoms with Crippen molar-refractivity contribution in [2.75, 3.05) is 11.9 Å². The lowest BCUT2D eigenvalue weighted by Gasteiger charge is -2.06. The molecule has 140 valence electrons. The van der Waals surface area contributed by atoms with Crippen molar-refractivity contribution in [3.63, 3.8) is 0 Å². The molecule has 5 rings (SSSR count). The van der Waals surface area contributed by atoms with E-state index in [0.29, 0.717) is 23.2 Å². The van der Waals surface area contributed by atoms with E-state index in [4.69, 9.17) is 16.1 Å². The molecule has 0 amide bonds. The largest absolute Gasteiger partial charge is 0.383 e. The maximum Gasteiger partial charge on any atom is 0.230 e. The highest BCUT2D eigenvalue weighted by atomic mass is 35.5. The van der Waals surface area contributed by atoms with Gasteiger partial charge in [0.25, 0.3) is 0 Å². The summed E-state index contributed by atoms with van der Waals surface area (Å²) in [4.78, 5) is 8.92. The van der Waals surface area contributed by atoms with Crippen LogP contribution in [0.15, 0.2) is 59.3 Å². The van der Waals surface area contributed by atoms with Gasteiger partial charge in [-0.3, -0.25) is 4.98 Å². The maximum absolute atomic E-state index is 13.2. The third kappa shape index (κ3) is 3.31. The van der Waals surface area contributed by atoms with Crippen LogP contribution < -0.4 is 5.32 Å². The highest BCUT2D eigenvalue weighted by Gasteiger charge is 2.42. The molecule has 1 aliphatic carbocycles. The molecule has 0 saturated heterocycles. The number of anilines is 1. The van der Waals surface area contributed by atoms with Gasteiger partial charge in [0, 0.05) is 23.4 Å². The van der Waals surface area contributed by atoms with Crippen LogP contribution in [0.2, 0.25) is 5.02 Å². The van der Waals surface area contributed by atoms with E-state index in [-0.39, 0.29) is 10.9 Å². The minimum Gasteiger partial charge on any atom is -0.383 e. The van der Waals surface area contributed by atoms with E-state index < -0.39 is 5.82 Å². The normalized spacial score (nSPS) is 18.4. The van der Waals surface area contributed by atoms with Gasteiger partial charge < -0.3 is 9.84 Å². The fourth-order valence-electron chi connectivity index (χ4n) is 3.36. The minimum absolute atomic E-state index is 0.224. The molecule has 5 nitrogen and oxygen atoms in total. The molecule has 0 bridgehead atoms. The van der Waals surface area contributed by atoms with Crippen molar-refractivity contribution in [1.29, 1.82) is 0 Å². The van der Waals surface area contributed by atoms with Crippen LogP contribution in [0, 0.1) is 11.7 Å². The standard InChI is InChI=1S/C21H16ClFN4O/c22-18-9-14(23)5-6-16(18)20-26-21(28-27-20)17-8-13(17)10-24-15-7-12-3-1-2-4-19(12)25-11-15/h1-7,9,11,13,17,24H,8,10H2/t13-,17+/m1/s1. The molecule has 1 N–H and O–H groups in total. The summed E-state index contributed by atoms with van der Waals surface area (Å²) in [6.45, 7) is 0.805. The Morgan fingerprint density at radius 3 is 2.96 bits per heavy atom. The Hall–Kier alpha value is -2.99. The first-order valence-electron chi connectivity index (χ1n) is 9.05. The van der Waals surface area contributed by atoms with Gasteiger partial charge in [-0.05, 0) is 42.7 Å². The Balaban J connectivity index is 1.24. The van der Waals surface area contributed by atoms with Gasteiger partial charge in [0.15, 0.2) is 0 Å². The van der Waals surface area contributed by atoms with Gasteiger partial charge >= 0.3 is 0 Å². The molecule has 7 heteroatoms. The Morgan fingerprint density at radius 1 is 1.18 bits per heavy atom. The van der Waals surface area contributed by atoms with Crippen LogP contribution >= 0.6 is 11.6 Å². The topological polar surface area (TPSA) is 63.8 Å². The first kappa shape index (κ1) is 17.1. The monoisotopic (exact) mass is 394 g/mol. The molecular formula is C21H16ClFN4O. The number of nitrogens with one attached hydrogen (secondary N) is 1. The van der Waals surface area contributed by atoms with E-state index in [1.54, 1.807) is 6.07 Å². The lowest BCUT2D eigenvalue weighted by atomic mass is 10.2. The van der Waals surface area contributed by atoms with Crippen molar-refractivity contribution >= 4 is 28.2 Å². The van der Waals surface area contributed by atoms with Crippen molar-refractivity contribution in [3.05, 3.63) is 71.5 Å². The fourth-order valence-corrected chi connectivity index (χ4v) is 3.61. The molecule has 1 fully saturated rings. The number of rotatable bonds is 5. The van der Waals surface area contributed by atoms with Crippen LogP contribution in [0.1, 0.15) is 18.2 Å². The third-order valence-electron chi connectivity index (χ3n) is 5.01. The molecule has 0 spiro atoms. The number of hydrogen-bond acceptors (Lipinski definition) is 5. The van der Waals surface area contributed by atoms with Crippen molar-refractivity contribution in [3.8, 4) is 11.4 Å². The molecule has 0 radical (unpaired) electrons. The van der Waals surface area contributed by atoms with Crippen LogP contribution in [-0.4, -0.2) is 21.7 Å². The summed E-state index contributed by atoms with van der Waals surface area (Å²) >= 11 is 6.08. The first-order chi connectivity index (χ1) is 13.7.